The van der Waals surface area contributed by atoms with Crippen LogP contribution in [0.1, 0.15) is 18.5 Å². The number of aryl methyl sites for hydroxylation is 1. The van der Waals surface area contributed by atoms with E-state index in [2.05, 4.69) is 15.5 Å². The molecule has 1 amide bonds. The van der Waals surface area contributed by atoms with E-state index in [9.17, 15) is 9.18 Å². The third kappa shape index (κ3) is 2.94. The molecule has 1 spiro atoms. The fourth-order valence-corrected chi connectivity index (χ4v) is 2.91. The molecule has 1 aromatic rings. The predicted molar refractivity (Wildman–Crippen MR) is 80.5 cm³/mol. The lowest BCUT2D eigenvalue weighted by Gasteiger charge is -2.20. The second-order valence-electron chi connectivity index (χ2n) is 5.79. The van der Waals surface area contributed by atoms with Crippen molar-refractivity contribution >= 4 is 17.3 Å². The van der Waals surface area contributed by atoms with Gasteiger partial charge in [0.25, 0.3) is 5.91 Å². The van der Waals surface area contributed by atoms with Gasteiger partial charge in [0.15, 0.2) is 5.60 Å². The first-order valence-electron chi connectivity index (χ1n) is 7.38. The molecule has 22 heavy (non-hydrogen) atoms. The molecule has 1 fully saturated rings. The molecule has 1 atom stereocenters. The Morgan fingerprint density at radius 1 is 1.59 bits per heavy atom. The summed E-state index contributed by atoms with van der Waals surface area (Å²) in [5.74, 6) is -0.267. The summed E-state index contributed by atoms with van der Waals surface area (Å²) in [4.78, 5) is 24.0. The summed E-state index contributed by atoms with van der Waals surface area (Å²) in [5, 5.41) is 6.76. The summed E-state index contributed by atoms with van der Waals surface area (Å²) < 4.78 is 12.4. The van der Waals surface area contributed by atoms with Crippen molar-refractivity contribution in [3.05, 3.63) is 24.0 Å². The van der Waals surface area contributed by atoms with Crippen molar-refractivity contribution in [2.24, 2.45) is 5.16 Å². The van der Waals surface area contributed by atoms with E-state index in [-0.39, 0.29) is 12.6 Å². The number of nitrogens with one attached hydrogen (secondary N) is 1. The van der Waals surface area contributed by atoms with Gasteiger partial charge < -0.3 is 10.2 Å². The number of anilines is 1. The van der Waals surface area contributed by atoms with E-state index in [0.717, 1.165) is 18.7 Å². The quantitative estimate of drug-likeness (QED) is 0.916. The molecule has 0 radical (unpaired) electrons. The summed E-state index contributed by atoms with van der Waals surface area (Å²) in [6, 6.07) is 3.56. The average molecular weight is 306 g/mol. The smallest absolute Gasteiger partial charge is 0.273 e. The Bertz CT molecular complexity index is 607. The number of aromatic nitrogens is 1. The number of alkyl halides is 1. The Hall–Kier alpha value is -2.02. The molecule has 0 aromatic carbocycles. The average Bonchev–Trinajstić information content (AvgIpc) is 3.10. The lowest BCUT2D eigenvalue weighted by atomic mass is 9.96. The number of carbonyl (C=O) groups excluding carboxylic acids is 1. The first kappa shape index (κ1) is 14.9. The molecule has 0 saturated carbocycles. The fourth-order valence-electron chi connectivity index (χ4n) is 2.91. The summed E-state index contributed by atoms with van der Waals surface area (Å²) in [6.07, 6.45) is 2.90. The Labute approximate surface area is 128 Å². The monoisotopic (exact) mass is 306 g/mol. The van der Waals surface area contributed by atoms with Crippen LogP contribution in [0.4, 0.5) is 10.1 Å². The molecule has 3 rings (SSSR count). The lowest BCUT2D eigenvalue weighted by molar-refractivity contribution is -0.110. The topological polar surface area (TPSA) is 66.8 Å². The molecule has 118 valence electrons. The highest BCUT2D eigenvalue weighted by molar-refractivity contribution is 6.43. The highest BCUT2D eigenvalue weighted by Crippen LogP contribution is 2.33. The van der Waals surface area contributed by atoms with Crippen molar-refractivity contribution < 1.29 is 14.0 Å². The van der Waals surface area contributed by atoms with E-state index < -0.39 is 5.60 Å². The van der Waals surface area contributed by atoms with Crippen molar-refractivity contribution in [2.45, 2.75) is 25.4 Å². The third-order valence-electron chi connectivity index (χ3n) is 4.15. The summed E-state index contributed by atoms with van der Waals surface area (Å²) in [7, 11) is 0. The van der Waals surface area contributed by atoms with E-state index in [4.69, 9.17) is 4.84 Å². The summed E-state index contributed by atoms with van der Waals surface area (Å²) >= 11 is 0. The number of likely N-dealkylation sites (tertiary alicyclic amines) is 1. The van der Waals surface area contributed by atoms with Gasteiger partial charge in [-0.05, 0) is 19.1 Å². The zero-order valence-corrected chi connectivity index (χ0v) is 12.5. The zero-order chi connectivity index (χ0) is 15.6. The highest BCUT2D eigenvalue weighted by atomic mass is 19.1. The number of pyridine rings is 1. The van der Waals surface area contributed by atoms with E-state index >= 15 is 0 Å². The molecule has 6 nitrogen and oxygen atoms in total. The molecule has 2 aliphatic heterocycles. The van der Waals surface area contributed by atoms with Crippen molar-refractivity contribution in [3.8, 4) is 0 Å². The molecule has 7 heteroatoms. The van der Waals surface area contributed by atoms with Crippen LogP contribution < -0.4 is 5.32 Å². The zero-order valence-electron chi connectivity index (χ0n) is 12.5. The normalized spacial score (nSPS) is 24.4. The van der Waals surface area contributed by atoms with E-state index in [1.165, 1.54) is 0 Å². The second kappa shape index (κ2) is 6.00. The maximum atomic E-state index is 12.4. The molecular weight excluding hydrogens is 287 g/mol. The van der Waals surface area contributed by atoms with Crippen LogP contribution in [0.2, 0.25) is 0 Å². The number of halogens is 1. The van der Waals surface area contributed by atoms with Crippen molar-refractivity contribution in [1.82, 2.24) is 9.88 Å². The first-order valence-corrected chi connectivity index (χ1v) is 7.38. The van der Waals surface area contributed by atoms with E-state index in [1.807, 2.05) is 11.8 Å². The molecule has 3 heterocycles. The Morgan fingerprint density at radius 2 is 2.45 bits per heavy atom. The molecule has 1 saturated heterocycles. The predicted octanol–water partition coefficient (Wildman–Crippen LogP) is 1.52. The minimum absolute atomic E-state index is 0.267. The molecule has 0 unspecified atom stereocenters. The van der Waals surface area contributed by atoms with Crippen LogP contribution in [0.15, 0.2) is 23.5 Å². The lowest BCUT2D eigenvalue weighted by Crippen LogP contribution is -2.35. The standard InChI is InChI=1S/C15H19FN4O2/c1-11-12(3-2-6-17-11)18-14(21)13-9-15(22-19-13)4-7-20(10-15)8-5-16/h2-3,6H,4-5,7-10H2,1H3,(H,18,21)/t15-/m0/s1. The third-order valence-corrected chi connectivity index (χ3v) is 4.15. The van der Waals surface area contributed by atoms with Gasteiger partial charge >= 0.3 is 0 Å². The molecule has 0 bridgehead atoms. The van der Waals surface area contributed by atoms with Gasteiger partial charge in [-0.2, -0.15) is 0 Å². The maximum absolute atomic E-state index is 12.4. The van der Waals surface area contributed by atoms with Crippen LogP contribution in [0, 0.1) is 6.92 Å². The molecule has 0 aliphatic carbocycles. The van der Waals surface area contributed by atoms with Gasteiger partial charge in [-0.3, -0.25) is 14.7 Å². The largest absolute Gasteiger partial charge is 0.387 e. The van der Waals surface area contributed by atoms with Crippen LogP contribution in [0.3, 0.4) is 0 Å². The van der Waals surface area contributed by atoms with Gasteiger partial charge in [-0.15, -0.1) is 0 Å². The van der Waals surface area contributed by atoms with Gasteiger partial charge in [0.05, 0.1) is 11.4 Å². The minimum atomic E-state index is -0.466. The number of hydrogen-bond donors (Lipinski definition) is 1. The number of oxime groups is 1. The summed E-state index contributed by atoms with van der Waals surface area (Å²) in [5.41, 5.74) is 1.33. The Balaban J connectivity index is 1.61. The number of amides is 1. The first-order chi connectivity index (χ1) is 10.6. The van der Waals surface area contributed by atoms with Crippen molar-refractivity contribution in [3.63, 3.8) is 0 Å². The van der Waals surface area contributed by atoms with Gasteiger partial charge in [-0.25, -0.2) is 4.39 Å². The maximum Gasteiger partial charge on any atom is 0.273 e. The Kier molecular flexibility index (Phi) is 4.06. The van der Waals surface area contributed by atoms with Crippen LogP contribution >= 0.6 is 0 Å². The number of carbonyl (C=O) groups is 1. The molecule has 1 aromatic heterocycles. The molecular formula is C15H19FN4O2. The van der Waals surface area contributed by atoms with Gasteiger partial charge in [-0.1, -0.05) is 5.16 Å². The van der Waals surface area contributed by atoms with Gasteiger partial charge in [0.2, 0.25) is 0 Å². The number of hydrogen-bond acceptors (Lipinski definition) is 5. The van der Waals surface area contributed by atoms with Crippen LogP contribution in [-0.4, -0.2) is 53.4 Å². The highest BCUT2D eigenvalue weighted by Gasteiger charge is 2.46. The second-order valence-corrected chi connectivity index (χ2v) is 5.79. The van der Waals surface area contributed by atoms with Crippen molar-refractivity contribution in [2.75, 3.05) is 31.6 Å². The molecule has 1 N–H and O–H groups in total. The SMILES string of the molecule is Cc1ncccc1NC(=O)C1=NO[C@@]2(CCN(CCF)C2)C1. The van der Waals surface area contributed by atoms with Crippen LogP contribution in [-0.2, 0) is 9.63 Å². The van der Waals surface area contributed by atoms with Crippen LogP contribution in [0.5, 0.6) is 0 Å². The van der Waals surface area contributed by atoms with Crippen molar-refractivity contribution in [1.29, 1.82) is 0 Å². The van der Waals surface area contributed by atoms with Gasteiger partial charge in [0, 0.05) is 38.7 Å². The minimum Gasteiger partial charge on any atom is -0.387 e. The number of nitrogens with zero attached hydrogens (tertiary/aromatic N) is 3. The van der Waals surface area contributed by atoms with Crippen LogP contribution in [0.25, 0.3) is 0 Å². The van der Waals surface area contributed by atoms with E-state index in [0.29, 0.717) is 30.9 Å². The molecule has 2 aliphatic rings. The summed E-state index contributed by atoms with van der Waals surface area (Å²) in [6.45, 7) is 3.25. The van der Waals surface area contributed by atoms with Gasteiger partial charge in [0.1, 0.15) is 12.4 Å². The fraction of sp³-hybridized carbons (Fsp3) is 0.533. The van der Waals surface area contributed by atoms with E-state index in [1.54, 1.807) is 18.3 Å². The number of rotatable bonds is 4. The Morgan fingerprint density at radius 3 is 3.23 bits per heavy atom.